The third-order valence-electron chi connectivity index (χ3n) is 7.65. The van der Waals surface area contributed by atoms with Crippen LogP contribution in [0.15, 0.2) is 36.4 Å². The van der Waals surface area contributed by atoms with E-state index in [2.05, 4.69) is 13.8 Å². The molecule has 2 aliphatic heterocycles. The van der Waals surface area contributed by atoms with Crippen LogP contribution in [-0.4, -0.2) is 60.2 Å². The monoisotopic (exact) mass is 524 g/mol. The normalized spacial score (nSPS) is 21.6. The Morgan fingerprint density at radius 1 is 0.974 bits per heavy atom. The second kappa shape index (κ2) is 10.9. The van der Waals surface area contributed by atoms with E-state index in [1.165, 1.54) is 0 Å². The maximum absolute atomic E-state index is 6.65. The molecule has 0 aliphatic carbocycles. The molecule has 2 heterocycles. The average Bonchev–Trinajstić information content (AvgIpc) is 3.74. The summed E-state index contributed by atoms with van der Waals surface area (Å²) in [5.41, 5.74) is 2.43. The van der Waals surface area contributed by atoms with Gasteiger partial charge in [-0.3, -0.25) is 0 Å². The number of epoxide rings is 1. The summed E-state index contributed by atoms with van der Waals surface area (Å²) >= 11 is 0. The lowest BCUT2D eigenvalue weighted by molar-refractivity contribution is -0.00933. The Morgan fingerprint density at radius 2 is 1.71 bits per heavy atom. The Hall–Kier alpha value is -3.20. The number of ether oxygens (including phenoxy) is 8. The molecule has 1 fully saturated rings. The van der Waals surface area contributed by atoms with Gasteiger partial charge in [-0.25, -0.2) is 0 Å². The van der Waals surface area contributed by atoms with Gasteiger partial charge in [0.15, 0.2) is 18.3 Å². The molecule has 8 nitrogen and oxygen atoms in total. The highest BCUT2D eigenvalue weighted by Gasteiger charge is 2.56. The highest BCUT2D eigenvalue weighted by molar-refractivity contribution is 6.04. The molecule has 0 aromatic heterocycles. The van der Waals surface area contributed by atoms with Gasteiger partial charge >= 0.3 is 0 Å². The molecule has 0 saturated carbocycles. The van der Waals surface area contributed by atoms with Crippen molar-refractivity contribution in [2.75, 3.05) is 47.9 Å². The van der Waals surface area contributed by atoms with E-state index >= 15 is 0 Å². The van der Waals surface area contributed by atoms with Crippen LogP contribution in [0.25, 0.3) is 10.8 Å². The zero-order valence-corrected chi connectivity index (χ0v) is 22.9. The minimum absolute atomic E-state index is 0.0305. The van der Waals surface area contributed by atoms with Crippen LogP contribution >= 0.6 is 0 Å². The minimum atomic E-state index is -0.414. The van der Waals surface area contributed by atoms with E-state index in [-0.39, 0.29) is 19.0 Å². The van der Waals surface area contributed by atoms with Crippen LogP contribution < -0.4 is 23.7 Å². The first-order valence-electron chi connectivity index (χ1n) is 12.9. The van der Waals surface area contributed by atoms with E-state index < -0.39 is 5.41 Å². The smallest absolute Gasteiger partial charge is 0.189 e. The highest BCUT2D eigenvalue weighted by atomic mass is 16.7. The van der Waals surface area contributed by atoms with Gasteiger partial charge in [0, 0.05) is 23.6 Å². The lowest BCUT2D eigenvalue weighted by atomic mass is 9.75. The van der Waals surface area contributed by atoms with Gasteiger partial charge in [0.1, 0.15) is 30.0 Å². The van der Waals surface area contributed by atoms with E-state index in [0.717, 1.165) is 27.5 Å². The summed E-state index contributed by atoms with van der Waals surface area (Å²) in [6, 6.07) is 12.0. The predicted molar refractivity (Wildman–Crippen MR) is 143 cm³/mol. The summed E-state index contributed by atoms with van der Waals surface area (Å²) in [6.45, 7) is 8.27. The molecule has 0 bridgehead atoms. The predicted octanol–water partition coefficient (Wildman–Crippen LogP) is 5.18. The molecule has 8 heteroatoms. The van der Waals surface area contributed by atoms with Gasteiger partial charge in [0.05, 0.1) is 50.9 Å². The molecule has 0 N–H and O–H groups in total. The lowest BCUT2D eigenvalue weighted by Crippen LogP contribution is -2.38. The fourth-order valence-corrected chi connectivity index (χ4v) is 5.35. The quantitative estimate of drug-likeness (QED) is 0.182. The first-order chi connectivity index (χ1) is 18.4. The Kier molecular flexibility index (Phi) is 7.56. The Labute approximate surface area is 223 Å². The maximum atomic E-state index is 6.65. The van der Waals surface area contributed by atoms with Crippen LogP contribution in [0, 0.1) is 6.92 Å². The zero-order valence-electron chi connectivity index (χ0n) is 22.9. The number of fused-ring (bicyclic) bond motifs is 3. The number of methoxy groups -OCH3 is 3. The summed E-state index contributed by atoms with van der Waals surface area (Å²) in [6.07, 6.45) is -0.120. The first-order valence-corrected chi connectivity index (χ1v) is 12.9. The molecule has 3 aromatic rings. The van der Waals surface area contributed by atoms with Crippen LogP contribution in [0.2, 0.25) is 0 Å². The first kappa shape index (κ1) is 26.4. The standard InChI is InChI=1S/C30H36O8/c1-18-26(36-15-20-10-8-7-9-11-20)24-21(28(33-6)27(18)32-5)14-22(37-17-34-13-12-31-4)25-29(24)38-19(2)30(25,3)23-16-35-23/h7-11,14,19,23H,12-13,15-17H2,1-6H3/t19-,23-,30+/m1/s1. The van der Waals surface area contributed by atoms with E-state index in [0.29, 0.717) is 55.2 Å². The zero-order chi connectivity index (χ0) is 26.9. The van der Waals surface area contributed by atoms with E-state index in [1.54, 1.807) is 21.3 Å². The van der Waals surface area contributed by atoms with Crippen molar-refractivity contribution < 1.29 is 37.9 Å². The number of rotatable bonds is 12. The van der Waals surface area contributed by atoms with Crippen molar-refractivity contribution in [3.8, 4) is 28.7 Å². The number of hydrogen-bond donors (Lipinski definition) is 0. The Balaban J connectivity index is 1.70. The van der Waals surface area contributed by atoms with Gasteiger partial charge in [-0.2, -0.15) is 0 Å². The summed E-state index contributed by atoms with van der Waals surface area (Å²) in [4.78, 5) is 0. The molecule has 0 spiro atoms. The lowest BCUT2D eigenvalue weighted by Gasteiger charge is -2.27. The Bertz CT molecular complexity index is 1290. The highest BCUT2D eigenvalue weighted by Crippen LogP contribution is 2.60. The van der Waals surface area contributed by atoms with Crippen LogP contribution in [-0.2, 0) is 26.2 Å². The SMILES string of the molecule is COCCOCOc1cc2c(OC)c(OC)c(C)c(OCc3ccccc3)c2c2c1[C@](C)([C@H]1CO1)[C@@H](C)O2. The summed E-state index contributed by atoms with van der Waals surface area (Å²) in [5.74, 6) is 3.25. The second-order valence-corrected chi connectivity index (χ2v) is 9.82. The van der Waals surface area contributed by atoms with Gasteiger partial charge in [-0.15, -0.1) is 0 Å². The van der Waals surface area contributed by atoms with Crippen molar-refractivity contribution in [1.82, 2.24) is 0 Å². The molecule has 204 valence electrons. The van der Waals surface area contributed by atoms with Crippen molar-refractivity contribution in [1.29, 1.82) is 0 Å². The van der Waals surface area contributed by atoms with Gasteiger partial charge < -0.3 is 37.9 Å². The van der Waals surface area contributed by atoms with Crippen molar-refractivity contribution in [3.05, 3.63) is 53.1 Å². The fraction of sp³-hybridized carbons (Fsp3) is 0.467. The molecule has 3 atom stereocenters. The summed E-state index contributed by atoms with van der Waals surface area (Å²) in [5, 5.41) is 1.60. The summed E-state index contributed by atoms with van der Waals surface area (Å²) < 4.78 is 47.7. The number of hydrogen-bond acceptors (Lipinski definition) is 8. The van der Waals surface area contributed by atoms with E-state index in [9.17, 15) is 0 Å². The van der Waals surface area contributed by atoms with Crippen LogP contribution in [0.1, 0.15) is 30.5 Å². The minimum Gasteiger partial charge on any atom is -0.492 e. The molecule has 0 unspecified atom stereocenters. The van der Waals surface area contributed by atoms with Crippen molar-refractivity contribution in [2.24, 2.45) is 0 Å². The van der Waals surface area contributed by atoms with Gasteiger partial charge in [-0.1, -0.05) is 30.3 Å². The van der Waals surface area contributed by atoms with Gasteiger partial charge in [0.25, 0.3) is 0 Å². The van der Waals surface area contributed by atoms with Crippen LogP contribution in [0.4, 0.5) is 0 Å². The van der Waals surface area contributed by atoms with Crippen molar-refractivity contribution >= 4 is 10.8 Å². The fourth-order valence-electron chi connectivity index (χ4n) is 5.35. The second-order valence-electron chi connectivity index (χ2n) is 9.82. The number of benzene rings is 3. The molecule has 2 aliphatic rings. The van der Waals surface area contributed by atoms with Crippen LogP contribution in [0.3, 0.4) is 0 Å². The van der Waals surface area contributed by atoms with Crippen molar-refractivity contribution in [3.63, 3.8) is 0 Å². The summed E-state index contributed by atoms with van der Waals surface area (Å²) in [7, 11) is 4.90. The largest absolute Gasteiger partial charge is 0.492 e. The molecular formula is C30H36O8. The van der Waals surface area contributed by atoms with Gasteiger partial charge in [-0.05, 0) is 32.4 Å². The van der Waals surface area contributed by atoms with Crippen LogP contribution in [0.5, 0.6) is 28.7 Å². The molecule has 0 amide bonds. The topological polar surface area (TPSA) is 77.1 Å². The Morgan fingerprint density at radius 3 is 2.37 bits per heavy atom. The maximum Gasteiger partial charge on any atom is 0.189 e. The molecule has 0 radical (unpaired) electrons. The van der Waals surface area contributed by atoms with E-state index in [4.69, 9.17) is 37.9 Å². The van der Waals surface area contributed by atoms with E-state index in [1.807, 2.05) is 43.3 Å². The third-order valence-corrected chi connectivity index (χ3v) is 7.65. The molecular weight excluding hydrogens is 488 g/mol. The molecule has 3 aromatic carbocycles. The molecule has 5 rings (SSSR count). The average molecular weight is 525 g/mol. The third kappa shape index (κ3) is 4.51. The van der Waals surface area contributed by atoms with Gasteiger partial charge in [0.2, 0.25) is 0 Å². The molecule has 38 heavy (non-hydrogen) atoms. The molecule has 1 saturated heterocycles. The van der Waals surface area contributed by atoms with Crippen molar-refractivity contribution in [2.45, 2.75) is 45.0 Å².